The molecule has 2 atom stereocenters. The molecule has 1 aliphatic heterocycles. The smallest absolute Gasteiger partial charge is 0.410 e. The van der Waals surface area contributed by atoms with Gasteiger partial charge in [-0.15, -0.1) is 0 Å². The number of aromatic hydroxyl groups is 1. The second-order valence-electron chi connectivity index (χ2n) is 7.35. The zero-order valence-electron chi connectivity index (χ0n) is 17.3. The number of phenols is 1. The van der Waals surface area contributed by atoms with E-state index in [1.54, 1.807) is 12.1 Å². The number of benzene rings is 2. The van der Waals surface area contributed by atoms with Gasteiger partial charge in [0.15, 0.2) is 0 Å². The van der Waals surface area contributed by atoms with Gasteiger partial charge in [0.25, 0.3) is 0 Å². The summed E-state index contributed by atoms with van der Waals surface area (Å²) in [7, 11) is 1.25. The van der Waals surface area contributed by atoms with E-state index in [1.165, 1.54) is 24.1 Å². The van der Waals surface area contributed by atoms with Gasteiger partial charge < -0.3 is 19.9 Å². The van der Waals surface area contributed by atoms with Crippen LogP contribution in [0.15, 0.2) is 54.6 Å². The van der Waals surface area contributed by atoms with Crippen LogP contribution in [0.5, 0.6) is 5.75 Å². The fraction of sp³-hybridized carbons (Fsp3) is 0.348. The lowest BCUT2D eigenvalue weighted by Crippen LogP contribution is -2.51. The molecule has 2 aromatic carbocycles. The molecule has 0 spiro atoms. The predicted octanol–water partition coefficient (Wildman–Crippen LogP) is 2.39. The molecule has 2 amide bonds. The Bertz CT molecular complexity index is 900. The van der Waals surface area contributed by atoms with Crippen LogP contribution in [0.25, 0.3) is 0 Å². The van der Waals surface area contributed by atoms with E-state index >= 15 is 0 Å². The number of carbonyl (C=O) groups excluding carboxylic acids is 3. The molecular weight excluding hydrogens is 400 g/mol. The van der Waals surface area contributed by atoms with Crippen molar-refractivity contribution in [3.8, 4) is 5.75 Å². The number of methoxy groups -OCH3 is 1. The molecule has 1 fully saturated rings. The summed E-state index contributed by atoms with van der Waals surface area (Å²) in [6.07, 6.45) is 0.789. The van der Waals surface area contributed by atoms with Gasteiger partial charge in [0.2, 0.25) is 5.91 Å². The summed E-state index contributed by atoms with van der Waals surface area (Å²) in [6.45, 7) is 0.530. The van der Waals surface area contributed by atoms with Crippen molar-refractivity contribution < 1.29 is 29.0 Å². The highest BCUT2D eigenvalue weighted by Crippen LogP contribution is 2.20. The van der Waals surface area contributed by atoms with Gasteiger partial charge in [-0.1, -0.05) is 42.5 Å². The molecule has 3 rings (SSSR count). The second-order valence-corrected chi connectivity index (χ2v) is 7.35. The van der Waals surface area contributed by atoms with Crippen molar-refractivity contribution in [2.45, 2.75) is 38.0 Å². The minimum Gasteiger partial charge on any atom is -0.508 e. The molecule has 1 heterocycles. The van der Waals surface area contributed by atoms with Crippen LogP contribution in [-0.2, 0) is 32.1 Å². The van der Waals surface area contributed by atoms with Gasteiger partial charge in [-0.05, 0) is 36.1 Å². The zero-order valence-corrected chi connectivity index (χ0v) is 17.3. The molecule has 0 radical (unpaired) electrons. The maximum Gasteiger partial charge on any atom is 0.410 e. The molecule has 2 aromatic rings. The van der Waals surface area contributed by atoms with Gasteiger partial charge in [-0.3, -0.25) is 9.69 Å². The Morgan fingerprint density at radius 1 is 1.10 bits per heavy atom. The van der Waals surface area contributed by atoms with Crippen molar-refractivity contribution in [3.63, 3.8) is 0 Å². The first kappa shape index (κ1) is 22.1. The van der Waals surface area contributed by atoms with E-state index in [4.69, 9.17) is 9.47 Å². The number of rotatable bonds is 7. The van der Waals surface area contributed by atoms with Crippen LogP contribution in [0.2, 0.25) is 0 Å². The number of nitrogens with one attached hydrogen (secondary N) is 1. The van der Waals surface area contributed by atoms with Crippen LogP contribution < -0.4 is 5.32 Å². The third-order valence-electron chi connectivity index (χ3n) is 5.17. The molecule has 8 heteroatoms. The van der Waals surface area contributed by atoms with Crippen molar-refractivity contribution in [2.75, 3.05) is 13.7 Å². The fourth-order valence-electron chi connectivity index (χ4n) is 3.53. The van der Waals surface area contributed by atoms with Gasteiger partial charge >= 0.3 is 12.1 Å². The van der Waals surface area contributed by atoms with E-state index in [0.29, 0.717) is 19.4 Å². The fourth-order valence-corrected chi connectivity index (χ4v) is 3.53. The number of phenolic OH excluding ortho intramolecular Hbond substituents is 1. The van der Waals surface area contributed by atoms with E-state index in [2.05, 4.69) is 5.32 Å². The van der Waals surface area contributed by atoms with Crippen molar-refractivity contribution in [1.29, 1.82) is 0 Å². The van der Waals surface area contributed by atoms with Gasteiger partial charge in [-0.25, -0.2) is 9.59 Å². The molecule has 1 aliphatic rings. The number of likely N-dealkylation sites (tertiary alicyclic amines) is 1. The maximum atomic E-state index is 12.9. The van der Waals surface area contributed by atoms with E-state index < -0.39 is 30.1 Å². The molecule has 164 valence electrons. The average Bonchev–Trinajstić information content (AvgIpc) is 3.29. The third-order valence-corrected chi connectivity index (χ3v) is 5.17. The van der Waals surface area contributed by atoms with E-state index in [1.807, 2.05) is 30.3 Å². The number of ether oxygens (including phenoxy) is 2. The molecule has 8 nitrogen and oxygen atoms in total. The highest BCUT2D eigenvalue weighted by atomic mass is 16.6. The largest absolute Gasteiger partial charge is 0.508 e. The van der Waals surface area contributed by atoms with Gasteiger partial charge in [-0.2, -0.15) is 0 Å². The van der Waals surface area contributed by atoms with E-state index in [-0.39, 0.29) is 18.8 Å². The Balaban J connectivity index is 1.62. The minimum atomic E-state index is -0.912. The molecule has 2 N–H and O–H groups in total. The first-order valence-electron chi connectivity index (χ1n) is 10.1. The van der Waals surface area contributed by atoms with Gasteiger partial charge in [0.05, 0.1) is 7.11 Å². The highest BCUT2D eigenvalue weighted by Gasteiger charge is 2.37. The molecule has 2 unspecified atom stereocenters. The van der Waals surface area contributed by atoms with Crippen LogP contribution >= 0.6 is 0 Å². The lowest BCUT2D eigenvalue weighted by Gasteiger charge is -2.25. The summed E-state index contributed by atoms with van der Waals surface area (Å²) in [5, 5.41) is 12.1. The van der Waals surface area contributed by atoms with E-state index in [0.717, 1.165) is 11.1 Å². The van der Waals surface area contributed by atoms with Crippen molar-refractivity contribution in [3.05, 3.63) is 65.7 Å². The summed E-state index contributed by atoms with van der Waals surface area (Å²) >= 11 is 0. The first-order valence-corrected chi connectivity index (χ1v) is 10.1. The van der Waals surface area contributed by atoms with Crippen LogP contribution in [-0.4, -0.2) is 53.7 Å². The Labute approximate surface area is 180 Å². The molecule has 1 saturated heterocycles. The average molecular weight is 426 g/mol. The SMILES string of the molecule is COC(=O)C(Cc1ccc(O)cc1)NC(=O)C1CCCN1C(=O)OCc1ccccc1. The standard InChI is InChI=1S/C23H26N2O6/c1-30-22(28)19(14-16-9-11-18(26)12-10-16)24-21(27)20-8-5-13-25(20)23(29)31-15-17-6-3-2-4-7-17/h2-4,6-7,9-12,19-20,26H,5,8,13-15H2,1H3,(H,24,27). The molecule has 0 aromatic heterocycles. The van der Waals surface area contributed by atoms with E-state index in [9.17, 15) is 19.5 Å². The Morgan fingerprint density at radius 3 is 2.48 bits per heavy atom. The Hall–Kier alpha value is -3.55. The summed E-state index contributed by atoms with van der Waals surface area (Å²) in [4.78, 5) is 39.1. The summed E-state index contributed by atoms with van der Waals surface area (Å²) < 4.78 is 10.2. The van der Waals surface area contributed by atoms with Crippen LogP contribution in [0.3, 0.4) is 0 Å². The summed E-state index contributed by atoms with van der Waals surface area (Å²) in [5.41, 5.74) is 1.61. The molecule has 0 saturated carbocycles. The van der Waals surface area contributed by atoms with Crippen molar-refractivity contribution in [1.82, 2.24) is 10.2 Å². The number of nitrogens with zero attached hydrogens (tertiary/aromatic N) is 1. The zero-order chi connectivity index (χ0) is 22.2. The van der Waals surface area contributed by atoms with Crippen molar-refractivity contribution >= 4 is 18.0 Å². The number of amides is 2. The van der Waals surface area contributed by atoms with Gasteiger partial charge in [0, 0.05) is 13.0 Å². The van der Waals surface area contributed by atoms with Crippen LogP contribution in [0.1, 0.15) is 24.0 Å². The monoisotopic (exact) mass is 426 g/mol. The Kier molecular flexibility index (Phi) is 7.48. The molecule has 0 bridgehead atoms. The van der Waals surface area contributed by atoms with Gasteiger partial charge in [0.1, 0.15) is 24.4 Å². The number of esters is 1. The molecular formula is C23H26N2O6. The Morgan fingerprint density at radius 2 is 1.81 bits per heavy atom. The van der Waals surface area contributed by atoms with Crippen molar-refractivity contribution in [2.24, 2.45) is 0 Å². The number of hydrogen-bond acceptors (Lipinski definition) is 6. The molecule has 0 aliphatic carbocycles. The number of carbonyl (C=O) groups is 3. The minimum absolute atomic E-state index is 0.109. The third kappa shape index (κ3) is 5.97. The number of hydrogen-bond donors (Lipinski definition) is 2. The normalized spacial score (nSPS) is 16.4. The quantitative estimate of drug-likeness (QED) is 0.659. The van der Waals surface area contributed by atoms with Crippen LogP contribution in [0, 0.1) is 0 Å². The second kappa shape index (κ2) is 10.5. The highest BCUT2D eigenvalue weighted by molar-refractivity contribution is 5.90. The predicted molar refractivity (Wildman–Crippen MR) is 112 cm³/mol. The molecule has 31 heavy (non-hydrogen) atoms. The summed E-state index contributed by atoms with van der Waals surface area (Å²) in [5.74, 6) is -0.904. The first-order chi connectivity index (χ1) is 15.0. The maximum absolute atomic E-state index is 12.9. The lowest BCUT2D eigenvalue weighted by molar-refractivity contribution is -0.145. The summed E-state index contributed by atoms with van der Waals surface area (Å²) in [6, 6.07) is 14.0. The van der Waals surface area contributed by atoms with Crippen LogP contribution in [0.4, 0.5) is 4.79 Å². The topological polar surface area (TPSA) is 105 Å². The lowest BCUT2D eigenvalue weighted by atomic mass is 10.0.